The number of benzene rings is 1. The first-order valence-electron chi connectivity index (χ1n) is 7.36. The van der Waals surface area contributed by atoms with Gasteiger partial charge in [-0.05, 0) is 42.0 Å². The van der Waals surface area contributed by atoms with E-state index in [0.29, 0.717) is 22.4 Å². The molecular weight excluding hydrogens is 270 g/mol. The van der Waals surface area contributed by atoms with Gasteiger partial charge in [-0.3, -0.25) is 0 Å². The van der Waals surface area contributed by atoms with Crippen LogP contribution in [0.15, 0.2) is 18.2 Å². The fourth-order valence-electron chi connectivity index (χ4n) is 2.18. The molecule has 1 aromatic rings. The van der Waals surface area contributed by atoms with Crippen molar-refractivity contribution in [2.75, 3.05) is 13.7 Å². The van der Waals surface area contributed by atoms with E-state index in [0.717, 1.165) is 18.7 Å². The number of ether oxygens (including phenoxy) is 1. The first kappa shape index (κ1) is 17.3. The molecule has 2 nitrogen and oxygen atoms in total. The zero-order valence-electron chi connectivity index (χ0n) is 13.6. The Bertz CT molecular complexity index is 425. The SMILES string of the molecule is CCNC(CC(C)C(C)(C)C)c1ccc(Cl)c(OC)c1. The van der Waals surface area contributed by atoms with Crippen LogP contribution >= 0.6 is 11.6 Å². The summed E-state index contributed by atoms with van der Waals surface area (Å²) >= 11 is 6.11. The lowest BCUT2D eigenvalue weighted by Crippen LogP contribution is -2.27. The number of hydrogen-bond acceptors (Lipinski definition) is 2. The molecule has 20 heavy (non-hydrogen) atoms. The molecule has 0 spiro atoms. The molecule has 0 saturated carbocycles. The summed E-state index contributed by atoms with van der Waals surface area (Å²) in [5, 5.41) is 4.24. The second kappa shape index (κ2) is 7.33. The summed E-state index contributed by atoms with van der Waals surface area (Å²) in [6.07, 6.45) is 1.10. The lowest BCUT2D eigenvalue weighted by Gasteiger charge is -2.31. The van der Waals surface area contributed by atoms with Crippen LogP contribution in [0.3, 0.4) is 0 Å². The van der Waals surface area contributed by atoms with E-state index < -0.39 is 0 Å². The van der Waals surface area contributed by atoms with Gasteiger partial charge in [0.1, 0.15) is 5.75 Å². The molecule has 0 fully saturated rings. The van der Waals surface area contributed by atoms with E-state index in [1.165, 1.54) is 5.56 Å². The summed E-state index contributed by atoms with van der Waals surface area (Å²) in [6, 6.07) is 6.39. The zero-order valence-corrected chi connectivity index (χ0v) is 14.3. The van der Waals surface area contributed by atoms with Gasteiger partial charge >= 0.3 is 0 Å². The lowest BCUT2D eigenvalue weighted by atomic mass is 9.77. The Hall–Kier alpha value is -0.730. The lowest BCUT2D eigenvalue weighted by molar-refractivity contribution is 0.224. The molecule has 0 saturated heterocycles. The molecule has 1 N–H and O–H groups in total. The summed E-state index contributed by atoms with van der Waals surface area (Å²) in [4.78, 5) is 0. The predicted octanol–water partition coefficient (Wildman–Crippen LogP) is 5.07. The Balaban J connectivity index is 2.96. The molecule has 114 valence electrons. The van der Waals surface area contributed by atoms with E-state index in [9.17, 15) is 0 Å². The second-order valence-corrected chi connectivity index (χ2v) is 6.91. The topological polar surface area (TPSA) is 21.3 Å². The maximum absolute atomic E-state index is 6.11. The Kier molecular flexibility index (Phi) is 6.35. The van der Waals surface area contributed by atoms with Gasteiger partial charge in [-0.1, -0.05) is 52.3 Å². The molecule has 0 aromatic heterocycles. The third-order valence-corrected chi connectivity index (χ3v) is 4.41. The minimum Gasteiger partial charge on any atom is -0.495 e. The van der Waals surface area contributed by atoms with Gasteiger partial charge in [-0.25, -0.2) is 0 Å². The van der Waals surface area contributed by atoms with Crippen molar-refractivity contribution in [2.45, 2.75) is 47.1 Å². The van der Waals surface area contributed by atoms with Gasteiger partial charge in [0.2, 0.25) is 0 Å². The Morgan fingerprint density at radius 2 is 1.95 bits per heavy atom. The Labute approximate surface area is 128 Å². The Morgan fingerprint density at radius 3 is 2.45 bits per heavy atom. The minimum absolute atomic E-state index is 0.310. The molecular formula is C17H28ClNO. The van der Waals surface area contributed by atoms with E-state index >= 15 is 0 Å². The quantitative estimate of drug-likeness (QED) is 0.791. The molecule has 2 atom stereocenters. The molecule has 0 amide bonds. The first-order chi connectivity index (χ1) is 9.29. The van der Waals surface area contributed by atoms with Crippen LogP contribution in [0.5, 0.6) is 5.75 Å². The standard InChI is InChI=1S/C17H28ClNO/c1-7-19-15(10-12(2)17(3,4)5)13-8-9-14(18)16(11-13)20-6/h8-9,11-12,15,19H,7,10H2,1-6H3. The van der Waals surface area contributed by atoms with Crippen LogP contribution in [0.2, 0.25) is 5.02 Å². The number of halogens is 1. The second-order valence-electron chi connectivity index (χ2n) is 6.51. The van der Waals surface area contributed by atoms with Gasteiger partial charge in [-0.15, -0.1) is 0 Å². The highest BCUT2D eigenvalue weighted by molar-refractivity contribution is 6.32. The maximum Gasteiger partial charge on any atom is 0.137 e. The van der Waals surface area contributed by atoms with Crippen LogP contribution in [0.1, 0.15) is 52.6 Å². The van der Waals surface area contributed by atoms with Gasteiger partial charge in [0, 0.05) is 6.04 Å². The van der Waals surface area contributed by atoms with Crippen molar-refractivity contribution in [2.24, 2.45) is 11.3 Å². The molecule has 0 heterocycles. The monoisotopic (exact) mass is 297 g/mol. The number of methoxy groups -OCH3 is 1. The summed E-state index contributed by atoms with van der Waals surface area (Å²) in [5.41, 5.74) is 1.55. The van der Waals surface area contributed by atoms with Crippen molar-refractivity contribution in [3.63, 3.8) is 0 Å². The predicted molar refractivity (Wildman–Crippen MR) is 87.7 cm³/mol. The molecule has 1 rings (SSSR count). The fourth-order valence-corrected chi connectivity index (χ4v) is 2.38. The zero-order chi connectivity index (χ0) is 15.3. The summed E-state index contributed by atoms with van der Waals surface area (Å²) in [5.74, 6) is 1.36. The van der Waals surface area contributed by atoms with Crippen LogP contribution in [0.4, 0.5) is 0 Å². The van der Waals surface area contributed by atoms with Crippen LogP contribution in [0.25, 0.3) is 0 Å². The number of rotatable bonds is 6. The van der Waals surface area contributed by atoms with Gasteiger partial charge in [0.25, 0.3) is 0 Å². The van der Waals surface area contributed by atoms with E-state index in [2.05, 4.69) is 46.0 Å². The average molecular weight is 298 g/mol. The van der Waals surface area contributed by atoms with Gasteiger partial charge in [0.15, 0.2) is 0 Å². The van der Waals surface area contributed by atoms with Crippen LogP contribution < -0.4 is 10.1 Å². The number of nitrogens with one attached hydrogen (secondary N) is 1. The van der Waals surface area contributed by atoms with Crippen molar-refractivity contribution in [1.82, 2.24) is 5.32 Å². The maximum atomic E-state index is 6.11. The third-order valence-electron chi connectivity index (χ3n) is 4.10. The van der Waals surface area contributed by atoms with Crippen LogP contribution in [0, 0.1) is 11.3 Å². The highest BCUT2D eigenvalue weighted by atomic mass is 35.5. The smallest absolute Gasteiger partial charge is 0.137 e. The van der Waals surface area contributed by atoms with Crippen LogP contribution in [-0.2, 0) is 0 Å². The van der Waals surface area contributed by atoms with Crippen molar-refractivity contribution in [3.05, 3.63) is 28.8 Å². The largest absolute Gasteiger partial charge is 0.495 e. The van der Waals surface area contributed by atoms with Crippen LogP contribution in [-0.4, -0.2) is 13.7 Å². The normalized spacial score (nSPS) is 14.9. The molecule has 0 aliphatic heterocycles. The van der Waals surface area contributed by atoms with E-state index in [1.54, 1.807) is 7.11 Å². The van der Waals surface area contributed by atoms with Crippen molar-refractivity contribution < 1.29 is 4.74 Å². The van der Waals surface area contributed by atoms with Crippen molar-refractivity contribution >= 4 is 11.6 Å². The minimum atomic E-state index is 0.310. The van der Waals surface area contributed by atoms with E-state index in [1.807, 2.05) is 12.1 Å². The first-order valence-corrected chi connectivity index (χ1v) is 7.74. The fraction of sp³-hybridized carbons (Fsp3) is 0.647. The van der Waals surface area contributed by atoms with Gasteiger partial charge in [-0.2, -0.15) is 0 Å². The third kappa shape index (κ3) is 4.68. The van der Waals surface area contributed by atoms with Gasteiger partial charge in [0.05, 0.1) is 12.1 Å². The van der Waals surface area contributed by atoms with E-state index in [-0.39, 0.29) is 0 Å². The summed E-state index contributed by atoms with van der Waals surface area (Å²) in [6.45, 7) is 12.3. The molecule has 0 radical (unpaired) electrons. The average Bonchev–Trinajstić information content (AvgIpc) is 2.37. The van der Waals surface area contributed by atoms with Crippen molar-refractivity contribution in [3.8, 4) is 5.75 Å². The number of hydrogen-bond donors (Lipinski definition) is 1. The summed E-state index contributed by atoms with van der Waals surface area (Å²) < 4.78 is 5.33. The Morgan fingerprint density at radius 1 is 1.30 bits per heavy atom. The summed E-state index contributed by atoms with van der Waals surface area (Å²) in [7, 11) is 1.66. The van der Waals surface area contributed by atoms with E-state index in [4.69, 9.17) is 16.3 Å². The molecule has 0 bridgehead atoms. The molecule has 3 heteroatoms. The molecule has 1 aromatic carbocycles. The van der Waals surface area contributed by atoms with Gasteiger partial charge < -0.3 is 10.1 Å². The highest BCUT2D eigenvalue weighted by Gasteiger charge is 2.24. The molecule has 0 aliphatic carbocycles. The molecule has 0 aliphatic rings. The van der Waals surface area contributed by atoms with Crippen molar-refractivity contribution in [1.29, 1.82) is 0 Å². The molecule has 2 unspecified atom stereocenters. The highest BCUT2D eigenvalue weighted by Crippen LogP contribution is 2.35.